The Bertz CT molecular complexity index is 233. The van der Waals surface area contributed by atoms with Crippen LogP contribution in [0, 0.1) is 11.3 Å². The summed E-state index contributed by atoms with van der Waals surface area (Å²) in [7, 11) is 0. The zero-order valence-corrected chi connectivity index (χ0v) is 6.24. The summed E-state index contributed by atoms with van der Waals surface area (Å²) < 4.78 is 0. The third kappa shape index (κ3) is 3.93. The van der Waals surface area contributed by atoms with Crippen LogP contribution in [-0.4, -0.2) is 11.1 Å². The van der Waals surface area contributed by atoms with Gasteiger partial charge in [0.25, 0.3) is 0 Å². The first-order chi connectivity index (χ1) is 5.22. The lowest BCUT2D eigenvalue weighted by Crippen LogP contribution is -1.96. The maximum Gasteiger partial charge on any atom is 0.346 e. The van der Waals surface area contributed by atoms with Gasteiger partial charge in [-0.3, -0.25) is 0 Å². The van der Waals surface area contributed by atoms with Crippen LogP contribution in [0.25, 0.3) is 0 Å². The Kier molecular flexibility index (Phi) is 4.50. The molecule has 0 fully saturated rings. The molecule has 3 nitrogen and oxygen atoms in total. The number of rotatable bonds is 3. The normalized spacial score (nSPS) is 11.5. The van der Waals surface area contributed by atoms with Crippen LogP contribution in [-0.2, 0) is 4.79 Å². The molecule has 0 rings (SSSR count). The number of aliphatic carboxylic acids is 1. The van der Waals surface area contributed by atoms with Crippen molar-refractivity contribution in [2.24, 2.45) is 0 Å². The van der Waals surface area contributed by atoms with E-state index in [0.29, 0.717) is 0 Å². The van der Waals surface area contributed by atoms with Crippen LogP contribution in [0.4, 0.5) is 0 Å². The van der Waals surface area contributed by atoms with Gasteiger partial charge >= 0.3 is 5.97 Å². The molecule has 0 aliphatic carbocycles. The van der Waals surface area contributed by atoms with Gasteiger partial charge in [-0.25, -0.2) is 4.79 Å². The van der Waals surface area contributed by atoms with E-state index < -0.39 is 5.97 Å². The lowest BCUT2D eigenvalue weighted by Gasteiger charge is -1.83. The van der Waals surface area contributed by atoms with Crippen molar-refractivity contribution in [2.45, 2.75) is 13.3 Å². The van der Waals surface area contributed by atoms with E-state index in [2.05, 4.69) is 0 Å². The van der Waals surface area contributed by atoms with E-state index in [1.165, 1.54) is 6.08 Å². The predicted octanol–water partition coefficient (Wildman–Crippen LogP) is 1.49. The minimum absolute atomic E-state index is 0.241. The number of carboxylic acid groups (broad SMARTS) is 1. The van der Waals surface area contributed by atoms with E-state index in [1.807, 2.05) is 6.92 Å². The summed E-state index contributed by atoms with van der Waals surface area (Å²) >= 11 is 0. The Morgan fingerprint density at radius 2 is 2.36 bits per heavy atom. The molecule has 0 saturated heterocycles. The van der Waals surface area contributed by atoms with Crippen molar-refractivity contribution < 1.29 is 9.90 Å². The summed E-state index contributed by atoms with van der Waals surface area (Å²) in [5, 5.41) is 16.6. The highest BCUT2D eigenvalue weighted by Gasteiger charge is 2.01. The minimum Gasteiger partial charge on any atom is -0.477 e. The highest BCUT2D eigenvalue weighted by atomic mass is 16.4. The number of hydrogen-bond donors (Lipinski definition) is 1. The molecule has 0 saturated carbocycles. The first-order valence-corrected chi connectivity index (χ1v) is 3.22. The van der Waals surface area contributed by atoms with Crippen molar-refractivity contribution in [3.63, 3.8) is 0 Å². The Morgan fingerprint density at radius 1 is 1.73 bits per heavy atom. The molecule has 0 aromatic heterocycles. The van der Waals surface area contributed by atoms with Gasteiger partial charge in [-0.15, -0.1) is 0 Å². The Hall–Kier alpha value is -1.56. The molecule has 0 spiro atoms. The van der Waals surface area contributed by atoms with Crippen LogP contribution in [0.2, 0.25) is 0 Å². The highest BCUT2D eigenvalue weighted by molar-refractivity contribution is 5.91. The van der Waals surface area contributed by atoms with Gasteiger partial charge in [0.05, 0.1) is 0 Å². The van der Waals surface area contributed by atoms with Gasteiger partial charge in [-0.05, 0) is 12.5 Å². The SMILES string of the molecule is CCC=CC=C(C#N)C(=O)O. The largest absolute Gasteiger partial charge is 0.477 e. The van der Waals surface area contributed by atoms with Crippen molar-refractivity contribution in [1.82, 2.24) is 0 Å². The number of nitriles is 1. The zero-order valence-electron chi connectivity index (χ0n) is 6.24. The fourth-order valence-corrected chi connectivity index (χ4v) is 0.457. The quantitative estimate of drug-likeness (QED) is 0.377. The fraction of sp³-hybridized carbons (Fsp3) is 0.250. The lowest BCUT2D eigenvalue weighted by molar-refractivity contribution is -0.132. The molecule has 58 valence electrons. The monoisotopic (exact) mass is 151 g/mol. The maximum atomic E-state index is 10.2. The average Bonchev–Trinajstić information content (AvgIpc) is 1.97. The van der Waals surface area contributed by atoms with E-state index in [0.717, 1.165) is 6.42 Å². The fourth-order valence-electron chi connectivity index (χ4n) is 0.457. The summed E-state index contributed by atoms with van der Waals surface area (Å²) in [5.41, 5.74) is -0.241. The molecule has 0 bridgehead atoms. The summed E-state index contributed by atoms with van der Waals surface area (Å²) in [6.45, 7) is 1.93. The van der Waals surface area contributed by atoms with E-state index in [4.69, 9.17) is 10.4 Å². The molecule has 0 amide bonds. The van der Waals surface area contributed by atoms with Crippen molar-refractivity contribution >= 4 is 5.97 Å². The molecular formula is C8H9NO2. The van der Waals surface area contributed by atoms with Crippen LogP contribution in [0.5, 0.6) is 0 Å². The van der Waals surface area contributed by atoms with Crippen molar-refractivity contribution in [3.05, 3.63) is 23.8 Å². The molecule has 0 aromatic rings. The third-order valence-electron chi connectivity index (χ3n) is 0.986. The molecule has 0 aliphatic rings. The molecule has 0 radical (unpaired) electrons. The van der Waals surface area contributed by atoms with Gasteiger partial charge in [-0.2, -0.15) is 5.26 Å². The zero-order chi connectivity index (χ0) is 8.69. The third-order valence-corrected chi connectivity index (χ3v) is 0.986. The molecule has 3 heteroatoms. The van der Waals surface area contributed by atoms with Crippen molar-refractivity contribution in [1.29, 1.82) is 5.26 Å². The average molecular weight is 151 g/mol. The predicted molar refractivity (Wildman–Crippen MR) is 40.8 cm³/mol. The van der Waals surface area contributed by atoms with Crippen molar-refractivity contribution in [3.8, 4) is 6.07 Å². The Labute approximate surface area is 65.3 Å². The molecular weight excluding hydrogens is 142 g/mol. The molecule has 0 aromatic carbocycles. The second-order valence-corrected chi connectivity index (χ2v) is 1.83. The maximum absolute atomic E-state index is 10.2. The molecule has 0 atom stereocenters. The minimum atomic E-state index is -1.19. The summed E-state index contributed by atoms with van der Waals surface area (Å²) in [6.07, 6.45) is 5.45. The Balaban J connectivity index is 4.28. The van der Waals surface area contributed by atoms with Gasteiger partial charge in [-0.1, -0.05) is 19.1 Å². The van der Waals surface area contributed by atoms with Crippen LogP contribution in [0.15, 0.2) is 23.8 Å². The topological polar surface area (TPSA) is 61.1 Å². The number of nitrogens with zero attached hydrogens (tertiary/aromatic N) is 1. The second kappa shape index (κ2) is 5.24. The smallest absolute Gasteiger partial charge is 0.346 e. The summed E-state index contributed by atoms with van der Waals surface area (Å²) in [5.74, 6) is -1.19. The number of carboxylic acids is 1. The van der Waals surface area contributed by atoms with E-state index in [1.54, 1.807) is 18.2 Å². The molecule has 1 N–H and O–H groups in total. The molecule has 0 aliphatic heterocycles. The second-order valence-electron chi connectivity index (χ2n) is 1.83. The van der Waals surface area contributed by atoms with Crippen LogP contribution >= 0.6 is 0 Å². The van der Waals surface area contributed by atoms with Crippen LogP contribution in [0.1, 0.15) is 13.3 Å². The molecule has 11 heavy (non-hydrogen) atoms. The first kappa shape index (κ1) is 9.44. The van der Waals surface area contributed by atoms with E-state index >= 15 is 0 Å². The summed E-state index contributed by atoms with van der Waals surface area (Å²) in [6, 6.07) is 1.57. The molecule has 0 heterocycles. The number of hydrogen-bond acceptors (Lipinski definition) is 2. The number of allylic oxidation sites excluding steroid dienone is 3. The number of carbonyl (C=O) groups is 1. The summed E-state index contributed by atoms with van der Waals surface area (Å²) in [4.78, 5) is 10.2. The standard InChI is InChI=1S/C8H9NO2/c1-2-3-4-5-7(6-9)8(10)11/h3-5H,2H2,1H3,(H,10,11). The van der Waals surface area contributed by atoms with Gasteiger partial charge in [0.1, 0.15) is 11.6 Å². The van der Waals surface area contributed by atoms with E-state index in [9.17, 15) is 4.79 Å². The van der Waals surface area contributed by atoms with Gasteiger partial charge in [0, 0.05) is 0 Å². The first-order valence-electron chi connectivity index (χ1n) is 3.22. The van der Waals surface area contributed by atoms with Gasteiger partial charge < -0.3 is 5.11 Å². The highest BCUT2D eigenvalue weighted by Crippen LogP contribution is 1.92. The van der Waals surface area contributed by atoms with Crippen molar-refractivity contribution in [2.75, 3.05) is 0 Å². The lowest BCUT2D eigenvalue weighted by atomic mass is 10.2. The van der Waals surface area contributed by atoms with Crippen LogP contribution in [0.3, 0.4) is 0 Å². The van der Waals surface area contributed by atoms with Gasteiger partial charge in [0.15, 0.2) is 0 Å². The van der Waals surface area contributed by atoms with E-state index in [-0.39, 0.29) is 5.57 Å². The van der Waals surface area contributed by atoms with Crippen LogP contribution < -0.4 is 0 Å². The Morgan fingerprint density at radius 3 is 2.73 bits per heavy atom. The molecule has 0 unspecified atom stereocenters. The van der Waals surface area contributed by atoms with Gasteiger partial charge in [0.2, 0.25) is 0 Å².